The van der Waals surface area contributed by atoms with Gasteiger partial charge in [0.1, 0.15) is 18.4 Å². The molecule has 0 radical (unpaired) electrons. The fraction of sp³-hybridized carbons (Fsp3) is 0.548. The zero-order valence-corrected chi connectivity index (χ0v) is 23.0. The van der Waals surface area contributed by atoms with Crippen molar-refractivity contribution in [3.05, 3.63) is 65.7 Å². The minimum absolute atomic E-state index is 0.00111. The van der Waals surface area contributed by atoms with Gasteiger partial charge in [0.05, 0.1) is 6.04 Å². The molecule has 2 aliphatic heterocycles. The Morgan fingerprint density at radius 2 is 1.68 bits per heavy atom. The maximum atomic E-state index is 13.9. The van der Waals surface area contributed by atoms with E-state index in [1.165, 1.54) is 12.8 Å². The lowest BCUT2D eigenvalue weighted by Gasteiger charge is -2.32. The third kappa shape index (κ3) is 8.05. The molecule has 2 aromatic rings. The average molecular weight is 521 g/mol. The summed E-state index contributed by atoms with van der Waals surface area (Å²) in [5.74, 6) is 0.821. The second kappa shape index (κ2) is 13.8. The van der Waals surface area contributed by atoms with Gasteiger partial charge < -0.3 is 25.6 Å². The SMILES string of the molecule is CC(C)C[C@H](N)C(=O)N[C@@H](Cc1ccc(OCc2ccccc2)cc1)C(=O)N1CCC[C@H]1CN1CCCC1. The number of nitrogens with zero attached hydrogens (tertiary/aromatic N) is 2. The second-order valence-electron chi connectivity index (χ2n) is 11.3. The molecule has 2 heterocycles. The highest BCUT2D eigenvalue weighted by Crippen LogP contribution is 2.23. The number of hydrogen-bond donors (Lipinski definition) is 2. The van der Waals surface area contributed by atoms with E-state index >= 15 is 0 Å². The Morgan fingerprint density at radius 1 is 0.974 bits per heavy atom. The maximum absolute atomic E-state index is 13.9. The van der Waals surface area contributed by atoms with Crippen LogP contribution in [0.5, 0.6) is 5.75 Å². The van der Waals surface area contributed by atoms with Gasteiger partial charge in [-0.2, -0.15) is 0 Å². The molecule has 0 unspecified atom stereocenters. The van der Waals surface area contributed by atoms with Gasteiger partial charge in [-0.1, -0.05) is 56.3 Å². The molecule has 2 aliphatic rings. The summed E-state index contributed by atoms with van der Waals surface area (Å²) in [6, 6.07) is 16.8. The van der Waals surface area contributed by atoms with Crippen molar-refractivity contribution in [3.8, 4) is 5.75 Å². The van der Waals surface area contributed by atoms with Crippen LogP contribution in [0.3, 0.4) is 0 Å². The average Bonchev–Trinajstić information content (AvgIpc) is 3.60. The van der Waals surface area contributed by atoms with Crippen LogP contribution in [0.4, 0.5) is 0 Å². The first-order valence-corrected chi connectivity index (χ1v) is 14.2. The highest BCUT2D eigenvalue weighted by Gasteiger charge is 2.35. The first-order valence-electron chi connectivity index (χ1n) is 14.2. The van der Waals surface area contributed by atoms with Crippen molar-refractivity contribution >= 4 is 11.8 Å². The number of benzene rings is 2. The zero-order chi connectivity index (χ0) is 26.9. The molecule has 38 heavy (non-hydrogen) atoms. The summed E-state index contributed by atoms with van der Waals surface area (Å²) in [4.78, 5) is 31.3. The summed E-state index contributed by atoms with van der Waals surface area (Å²) in [7, 11) is 0. The van der Waals surface area contributed by atoms with E-state index in [1.54, 1.807) is 0 Å². The fourth-order valence-corrected chi connectivity index (χ4v) is 5.57. The van der Waals surface area contributed by atoms with Gasteiger partial charge in [0.15, 0.2) is 0 Å². The van der Waals surface area contributed by atoms with E-state index in [2.05, 4.69) is 10.2 Å². The Labute approximate surface area is 227 Å². The van der Waals surface area contributed by atoms with Crippen molar-refractivity contribution in [2.45, 2.75) is 77.1 Å². The van der Waals surface area contributed by atoms with Crippen LogP contribution in [0.1, 0.15) is 57.1 Å². The van der Waals surface area contributed by atoms with Crippen molar-refractivity contribution < 1.29 is 14.3 Å². The van der Waals surface area contributed by atoms with E-state index in [9.17, 15) is 9.59 Å². The molecule has 0 aliphatic carbocycles. The molecule has 7 nitrogen and oxygen atoms in total. The lowest BCUT2D eigenvalue weighted by molar-refractivity contribution is -0.137. The standard InChI is InChI=1S/C31H44N4O3/c1-23(2)19-28(32)30(36)33-29(31(37)35-18-8-11-26(35)21-34-16-6-7-17-34)20-24-12-14-27(15-13-24)38-22-25-9-4-3-5-10-25/h3-5,9-10,12-15,23,26,28-29H,6-8,11,16-22,32H2,1-2H3,(H,33,36)/t26-,28-,29-/m0/s1. The molecule has 206 valence electrons. The predicted molar refractivity (Wildman–Crippen MR) is 151 cm³/mol. The number of amides is 2. The van der Waals surface area contributed by atoms with E-state index in [4.69, 9.17) is 10.5 Å². The van der Waals surface area contributed by atoms with Gasteiger partial charge in [-0.15, -0.1) is 0 Å². The molecule has 2 fully saturated rings. The number of nitrogens with one attached hydrogen (secondary N) is 1. The summed E-state index contributed by atoms with van der Waals surface area (Å²) >= 11 is 0. The van der Waals surface area contributed by atoms with Crippen LogP contribution in [0.2, 0.25) is 0 Å². The Morgan fingerprint density at radius 3 is 2.37 bits per heavy atom. The Bertz CT molecular complexity index is 1020. The normalized spacial score (nSPS) is 19.5. The second-order valence-corrected chi connectivity index (χ2v) is 11.3. The number of ether oxygens (including phenoxy) is 1. The monoisotopic (exact) mass is 520 g/mol. The van der Waals surface area contributed by atoms with E-state index in [1.807, 2.05) is 73.3 Å². The van der Waals surface area contributed by atoms with E-state index in [0.717, 1.165) is 55.9 Å². The smallest absolute Gasteiger partial charge is 0.245 e. The lowest BCUT2D eigenvalue weighted by Crippen LogP contribution is -2.55. The van der Waals surface area contributed by atoms with Gasteiger partial charge in [-0.3, -0.25) is 9.59 Å². The van der Waals surface area contributed by atoms with Gasteiger partial charge in [0.2, 0.25) is 11.8 Å². The molecular formula is C31H44N4O3. The van der Waals surface area contributed by atoms with Crippen LogP contribution < -0.4 is 15.8 Å². The zero-order valence-electron chi connectivity index (χ0n) is 23.0. The maximum Gasteiger partial charge on any atom is 0.245 e. The van der Waals surface area contributed by atoms with Crippen LogP contribution in [0.25, 0.3) is 0 Å². The van der Waals surface area contributed by atoms with E-state index in [-0.39, 0.29) is 17.9 Å². The van der Waals surface area contributed by atoms with Gasteiger partial charge in [0.25, 0.3) is 0 Å². The highest BCUT2D eigenvalue weighted by atomic mass is 16.5. The van der Waals surface area contributed by atoms with Gasteiger partial charge >= 0.3 is 0 Å². The molecule has 4 rings (SSSR count). The van der Waals surface area contributed by atoms with Gasteiger partial charge in [-0.25, -0.2) is 0 Å². The van der Waals surface area contributed by atoms with Crippen molar-refractivity contribution in [1.82, 2.24) is 15.1 Å². The molecule has 3 atom stereocenters. The van der Waals surface area contributed by atoms with Crippen LogP contribution in [-0.2, 0) is 22.6 Å². The number of carbonyl (C=O) groups is 2. The first-order chi connectivity index (χ1) is 18.4. The summed E-state index contributed by atoms with van der Waals surface area (Å²) in [6.07, 6.45) is 5.50. The molecule has 3 N–H and O–H groups in total. The van der Waals surface area contributed by atoms with Crippen LogP contribution >= 0.6 is 0 Å². The Kier molecular flexibility index (Phi) is 10.2. The molecular weight excluding hydrogens is 476 g/mol. The van der Waals surface area contributed by atoms with Gasteiger partial charge in [-0.05, 0) is 74.4 Å². The number of nitrogens with two attached hydrogens (primary N) is 1. The van der Waals surface area contributed by atoms with Gasteiger partial charge in [0, 0.05) is 25.6 Å². The number of carbonyl (C=O) groups excluding carboxylic acids is 2. The predicted octanol–water partition coefficient (Wildman–Crippen LogP) is 3.75. The molecule has 0 bridgehead atoms. The molecule has 0 aromatic heterocycles. The summed E-state index contributed by atoms with van der Waals surface area (Å²) in [5.41, 5.74) is 8.27. The number of hydrogen-bond acceptors (Lipinski definition) is 5. The van der Waals surface area contributed by atoms with Crippen LogP contribution in [0, 0.1) is 5.92 Å². The van der Waals surface area contributed by atoms with Crippen molar-refractivity contribution in [2.75, 3.05) is 26.2 Å². The highest BCUT2D eigenvalue weighted by molar-refractivity contribution is 5.90. The molecule has 0 saturated carbocycles. The summed E-state index contributed by atoms with van der Waals surface area (Å²) in [6.45, 7) is 8.48. The molecule has 7 heteroatoms. The largest absolute Gasteiger partial charge is 0.489 e. The van der Waals surface area contributed by atoms with Crippen molar-refractivity contribution in [2.24, 2.45) is 11.7 Å². The first kappa shape index (κ1) is 28.1. The molecule has 0 spiro atoms. The Hall–Kier alpha value is -2.90. The number of rotatable bonds is 12. The van der Waals surface area contributed by atoms with Crippen molar-refractivity contribution in [3.63, 3.8) is 0 Å². The molecule has 2 aromatic carbocycles. The van der Waals surface area contributed by atoms with Crippen LogP contribution in [-0.4, -0.2) is 65.9 Å². The van der Waals surface area contributed by atoms with E-state index < -0.39 is 12.1 Å². The number of likely N-dealkylation sites (tertiary alicyclic amines) is 2. The lowest BCUT2D eigenvalue weighted by atomic mass is 10.0. The minimum Gasteiger partial charge on any atom is -0.489 e. The fourth-order valence-electron chi connectivity index (χ4n) is 5.57. The third-order valence-corrected chi connectivity index (χ3v) is 7.62. The van der Waals surface area contributed by atoms with E-state index in [0.29, 0.717) is 25.4 Å². The third-order valence-electron chi connectivity index (χ3n) is 7.62. The Balaban J connectivity index is 1.43. The van der Waals surface area contributed by atoms with Crippen molar-refractivity contribution in [1.29, 1.82) is 0 Å². The summed E-state index contributed by atoms with van der Waals surface area (Å²) < 4.78 is 5.92. The minimum atomic E-state index is -0.643. The summed E-state index contributed by atoms with van der Waals surface area (Å²) in [5, 5.41) is 3.02. The van der Waals surface area contributed by atoms with Crippen LogP contribution in [0.15, 0.2) is 54.6 Å². The quantitative estimate of drug-likeness (QED) is 0.445. The molecule has 2 amide bonds. The topological polar surface area (TPSA) is 87.9 Å². The molecule has 2 saturated heterocycles.